The van der Waals surface area contributed by atoms with Gasteiger partial charge in [0.2, 0.25) is 5.88 Å². The van der Waals surface area contributed by atoms with Gasteiger partial charge in [0, 0.05) is 25.6 Å². The van der Waals surface area contributed by atoms with E-state index in [1.807, 2.05) is 31.4 Å². The standard InChI is InChI=1S/C12H11N5O/c1-17-7-4-9(15-17)11-10(12(13)18-16-11)8-2-5-14-6-3-8/h2-7H,13H2,1H3. The number of pyridine rings is 1. The van der Waals surface area contributed by atoms with E-state index in [0.29, 0.717) is 5.69 Å². The quantitative estimate of drug-likeness (QED) is 0.738. The zero-order chi connectivity index (χ0) is 12.5. The normalized spacial score (nSPS) is 10.7. The van der Waals surface area contributed by atoms with Gasteiger partial charge in [0.05, 0.1) is 5.56 Å². The Bertz CT molecular complexity index is 671. The van der Waals surface area contributed by atoms with Crippen molar-refractivity contribution in [3.63, 3.8) is 0 Å². The third-order valence-electron chi connectivity index (χ3n) is 2.64. The average Bonchev–Trinajstić information content (AvgIpc) is 2.96. The molecule has 0 bridgehead atoms. The molecule has 18 heavy (non-hydrogen) atoms. The van der Waals surface area contributed by atoms with Gasteiger partial charge < -0.3 is 10.3 Å². The van der Waals surface area contributed by atoms with Gasteiger partial charge in [-0.1, -0.05) is 5.16 Å². The molecule has 0 aliphatic rings. The van der Waals surface area contributed by atoms with Crippen LogP contribution in [0.1, 0.15) is 0 Å². The van der Waals surface area contributed by atoms with E-state index in [0.717, 1.165) is 16.8 Å². The summed E-state index contributed by atoms with van der Waals surface area (Å²) < 4.78 is 6.78. The summed E-state index contributed by atoms with van der Waals surface area (Å²) >= 11 is 0. The molecule has 0 spiro atoms. The highest BCUT2D eigenvalue weighted by Gasteiger charge is 2.18. The highest BCUT2D eigenvalue weighted by Crippen LogP contribution is 2.34. The maximum atomic E-state index is 5.83. The Kier molecular flexibility index (Phi) is 2.33. The van der Waals surface area contributed by atoms with Gasteiger partial charge in [-0.2, -0.15) is 5.10 Å². The number of hydrogen-bond acceptors (Lipinski definition) is 5. The second-order valence-corrected chi connectivity index (χ2v) is 3.88. The molecule has 6 nitrogen and oxygen atoms in total. The van der Waals surface area contributed by atoms with E-state index in [1.165, 1.54) is 0 Å². The molecule has 0 unspecified atom stereocenters. The van der Waals surface area contributed by atoms with E-state index in [2.05, 4.69) is 15.2 Å². The minimum absolute atomic E-state index is 0.279. The van der Waals surface area contributed by atoms with Crippen molar-refractivity contribution in [3.8, 4) is 22.5 Å². The van der Waals surface area contributed by atoms with Gasteiger partial charge in [0.15, 0.2) is 0 Å². The molecule has 90 valence electrons. The number of aryl methyl sites for hydroxylation is 1. The van der Waals surface area contributed by atoms with Gasteiger partial charge in [-0.3, -0.25) is 9.67 Å². The van der Waals surface area contributed by atoms with Gasteiger partial charge in [-0.05, 0) is 23.8 Å². The van der Waals surface area contributed by atoms with E-state index < -0.39 is 0 Å². The minimum atomic E-state index is 0.279. The summed E-state index contributed by atoms with van der Waals surface area (Å²) in [6, 6.07) is 5.58. The largest absolute Gasteiger partial charge is 0.367 e. The van der Waals surface area contributed by atoms with Crippen LogP contribution in [0.4, 0.5) is 5.88 Å². The van der Waals surface area contributed by atoms with Crippen molar-refractivity contribution in [3.05, 3.63) is 36.8 Å². The summed E-state index contributed by atoms with van der Waals surface area (Å²) in [5, 5.41) is 8.28. The smallest absolute Gasteiger partial charge is 0.230 e. The number of anilines is 1. The second-order valence-electron chi connectivity index (χ2n) is 3.88. The molecule has 0 fully saturated rings. The summed E-state index contributed by atoms with van der Waals surface area (Å²) in [5.74, 6) is 0.279. The van der Waals surface area contributed by atoms with Crippen LogP contribution in [0.5, 0.6) is 0 Å². The van der Waals surface area contributed by atoms with Crippen molar-refractivity contribution >= 4 is 5.88 Å². The van der Waals surface area contributed by atoms with Crippen LogP contribution in [0.15, 0.2) is 41.3 Å². The van der Waals surface area contributed by atoms with Crippen LogP contribution < -0.4 is 5.73 Å². The fourth-order valence-corrected chi connectivity index (χ4v) is 1.82. The predicted molar refractivity (Wildman–Crippen MR) is 66.3 cm³/mol. The molecule has 0 atom stereocenters. The fourth-order valence-electron chi connectivity index (χ4n) is 1.82. The Balaban J connectivity index is 2.18. The molecule has 0 saturated carbocycles. The van der Waals surface area contributed by atoms with Crippen molar-refractivity contribution in [2.75, 3.05) is 5.73 Å². The van der Waals surface area contributed by atoms with E-state index >= 15 is 0 Å². The lowest BCUT2D eigenvalue weighted by Crippen LogP contribution is -1.90. The summed E-state index contributed by atoms with van der Waals surface area (Å²) in [4.78, 5) is 3.98. The first-order valence-electron chi connectivity index (χ1n) is 5.41. The molecule has 0 amide bonds. The number of hydrogen-bond donors (Lipinski definition) is 1. The number of nitrogen functional groups attached to an aromatic ring is 1. The number of aromatic nitrogens is 4. The molecule has 0 radical (unpaired) electrons. The predicted octanol–water partition coefficient (Wildman–Crippen LogP) is 1.72. The summed E-state index contributed by atoms with van der Waals surface area (Å²) in [7, 11) is 1.85. The summed E-state index contributed by atoms with van der Waals surface area (Å²) in [5.41, 5.74) is 8.85. The van der Waals surface area contributed by atoms with Gasteiger partial charge >= 0.3 is 0 Å². The Labute approximate surface area is 103 Å². The monoisotopic (exact) mass is 241 g/mol. The molecule has 6 heteroatoms. The highest BCUT2D eigenvalue weighted by atomic mass is 16.5. The van der Waals surface area contributed by atoms with Gasteiger partial charge in [0.25, 0.3) is 0 Å². The van der Waals surface area contributed by atoms with Crippen LogP contribution in [0.2, 0.25) is 0 Å². The molecule has 3 rings (SSSR count). The topological polar surface area (TPSA) is 82.8 Å². The molecule has 0 saturated heterocycles. The molecular weight excluding hydrogens is 230 g/mol. The van der Waals surface area contributed by atoms with Crippen LogP contribution in [-0.4, -0.2) is 19.9 Å². The van der Waals surface area contributed by atoms with E-state index in [9.17, 15) is 0 Å². The first-order chi connectivity index (χ1) is 8.75. The summed E-state index contributed by atoms with van der Waals surface area (Å²) in [6.07, 6.45) is 5.24. The van der Waals surface area contributed by atoms with E-state index in [4.69, 9.17) is 10.3 Å². The maximum Gasteiger partial charge on any atom is 0.230 e. The van der Waals surface area contributed by atoms with E-state index in [-0.39, 0.29) is 5.88 Å². The first-order valence-corrected chi connectivity index (χ1v) is 5.41. The first kappa shape index (κ1) is 10.5. The van der Waals surface area contributed by atoms with E-state index in [1.54, 1.807) is 17.1 Å². The molecule has 2 N–H and O–H groups in total. The van der Waals surface area contributed by atoms with Crippen LogP contribution in [-0.2, 0) is 7.05 Å². The molecule has 0 aromatic carbocycles. The van der Waals surface area contributed by atoms with Crippen molar-refractivity contribution in [2.45, 2.75) is 0 Å². The fraction of sp³-hybridized carbons (Fsp3) is 0.0833. The van der Waals surface area contributed by atoms with Crippen molar-refractivity contribution in [2.24, 2.45) is 7.05 Å². The lowest BCUT2D eigenvalue weighted by Gasteiger charge is -1.99. The van der Waals surface area contributed by atoms with Crippen molar-refractivity contribution < 1.29 is 4.52 Å². The van der Waals surface area contributed by atoms with Crippen LogP contribution in [0.25, 0.3) is 22.5 Å². The van der Waals surface area contributed by atoms with Crippen LogP contribution in [0, 0.1) is 0 Å². The van der Waals surface area contributed by atoms with Crippen LogP contribution >= 0.6 is 0 Å². The average molecular weight is 241 g/mol. The third kappa shape index (κ3) is 1.64. The molecular formula is C12H11N5O. The molecule has 0 aliphatic carbocycles. The molecule has 3 heterocycles. The molecule has 3 aromatic rings. The molecule has 0 aliphatic heterocycles. The van der Waals surface area contributed by atoms with Crippen molar-refractivity contribution in [1.82, 2.24) is 19.9 Å². The number of nitrogens with two attached hydrogens (primary N) is 1. The summed E-state index contributed by atoms with van der Waals surface area (Å²) in [6.45, 7) is 0. The maximum absolute atomic E-state index is 5.83. The lowest BCUT2D eigenvalue weighted by atomic mass is 10.1. The molecule has 3 aromatic heterocycles. The van der Waals surface area contributed by atoms with Gasteiger partial charge in [-0.15, -0.1) is 0 Å². The number of nitrogens with zero attached hydrogens (tertiary/aromatic N) is 4. The lowest BCUT2D eigenvalue weighted by molar-refractivity contribution is 0.439. The second kappa shape index (κ2) is 3.99. The zero-order valence-corrected chi connectivity index (χ0v) is 9.74. The number of rotatable bonds is 2. The minimum Gasteiger partial charge on any atom is -0.367 e. The van der Waals surface area contributed by atoms with Crippen LogP contribution in [0.3, 0.4) is 0 Å². The zero-order valence-electron chi connectivity index (χ0n) is 9.74. The SMILES string of the molecule is Cn1ccc(-c2noc(N)c2-c2ccncc2)n1. The van der Waals surface area contributed by atoms with Crippen molar-refractivity contribution in [1.29, 1.82) is 0 Å². The Morgan fingerprint density at radius 3 is 2.67 bits per heavy atom. The highest BCUT2D eigenvalue weighted by molar-refractivity contribution is 5.85. The Hall–Kier alpha value is -2.63. The third-order valence-corrected chi connectivity index (χ3v) is 2.64. The Morgan fingerprint density at radius 1 is 1.22 bits per heavy atom. The van der Waals surface area contributed by atoms with Gasteiger partial charge in [-0.25, -0.2) is 0 Å². The van der Waals surface area contributed by atoms with Gasteiger partial charge in [0.1, 0.15) is 11.4 Å². The Morgan fingerprint density at radius 2 is 2.00 bits per heavy atom.